The summed E-state index contributed by atoms with van der Waals surface area (Å²) in [6, 6.07) is 5.81. The Morgan fingerprint density at radius 3 is 2.94 bits per heavy atom. The van der Waals surface area contributed by atoms with E-state index in [1.807, 2.05) is 36.0 Å². The Hall–Kier alpha value is -1.94. The van der Waals surface area contributed by atoms with E-state index in [9.17, 15) is 0 Å². The van der Waals surface area contributed by atoms with Crippen LogP contribution >= 0.6 is 11.6 Å². The molecule has 0 saturated heterocycles. The number of anilines is 1. The molecule has 2 heterocycles. The zero-order valence-corrected chi connectivity index (χ0v) is 9.99. The van der Waals surface area contributed by atoms with E-state index in [0.717, 1.165) is 22.2 Å². The summed E-state index contributed by atoms with van der Waals surface area (Å²) in [4.78, 5) is 0. The topological polar surface area (TPSA) is 59.6 Å². The molecule has 3 rings (SSSR count). The number of hydrogen-bond donors (Lipinski definition) is 2. The Kier molecular flexibility index (Phi) is 2.12. The molecule has 0 aliphatic heterocycles. The predicted molar refractivity (Wildman–Crippen MR) is 69.9 cm³/mol. The van der Waals surface area contributed by atoms with Gasteiger partial charge in [0, 0.05) is 34.7 Å². The zero-order chi connectivity index (χ0) is 12.0. The molecule has 2 aromatic heterocycles. The second-order valence-corrected chi connectivity index (χ2v) is 4.45. The van der Waals surface area contributed by atoms with Crippen LogP contribution in [-0.4, -0.2) is 14.8 Å². The van der Waals surface area contributed by atoms with Crippen LogP contribution in [0.25, 0.3) is 22.2 Å². The van der Waals surface area contributed by atoms with E-state index in [-0.39, 0.29) is 0 Å². The highest BCUT2D eigenvalue weighted by atomic mass is 35.5. The fourth-order valence-electron chi connectivity index (χ4n) is 2.07. The second kappa shape index (κ2) is 3.53. The molecule has 4 nitrogen and oxygen atoms in total. The highest BCUT2D eigenvalue weighted by Crippen LogP contribution is 2.33. The lowest BCUT2D eigenvalue weighted by atomic mass is 10.1. The van der Waals surface area contributed by atoms with E-state index >= 15 is 0 Å². The van der Waals surface area contributed by atoms with Gasteiger partial charge in [-0.1, -0.05) is 11.6 Å². The number of fused-ring (bicyclic) bond motifs is 1. The van der Waals surface area contributed by atoms with E-state index < -0.39 is 0 Å². The Balaban J connectivity index is 2.37. The summed E-state index contributed by atoms with van der Waals surface area (Å²) in [7, 11) is 1.99. The maximum Gasteiger partial charge on any atom is 0.0901 e. The summed E-state index contributed by atoms with van der Waals surface area (Å²) < 4.78 is 2.04. The van der Waals surface area contributed by atoms with Crippen molar-refractivity contribution in [2.45, 2.75) is 0 Å². The summed E-state index contributed by atoms with van der Waals surface area (Å²) >= 11 is 6.03. The van der Waals surface area contributed by atoms with Gasteiger partial charge < -0.3 is 10.3 Å². The van der Waals surface area contributed by atoms with Crippen LogP contribution in [-0.2, 0) is 7.05 Å². The quantitative estimate of drug-likeness (QED) is 0.694. The lowest BCUT2D eigenvalue weighted by Gasteiger charge is -1.98. The lowest BCUT2D eigenvalue weighted by molar-refractivity contribution is 0.969. The van der Waals surface area contributed by atoms with Gasteiger partial charge in [0.2, 0.25) is 0 Å². The number of benzene rings is 1. The minimum absolute atomic E-state index is 0.637. The van der Waals surface area contributed by atoms with Gasteiger partial charge in [0.1, 0.15) is 0 Å². The average molecular weight is 247 g/mol. The van der Waals surface area contributed by atoms with Crippen LogP contribution in [0, 0.1) is 0 Å². The van der Waals surface area contributed by atoms with Crippen molar-refractivity contribution in [1.29, 1.82) is 0 Å². The molecule has 0 aliphatic rings. The van der Waals surface area contributed by atoms with Crippen molar-refractivity contribution in [3.05, 3.63) is 35.6 Å². The maximum absolute atomic E-state index is 6.03. The molecule has 0 amide bonds. The summed E-state index contributed by atoms with van der Waals surface area (Å²) in [5.41, 5.74) is 9.47. The number of nitrogens with one attached hydrogen (secondary N) is 1. The summed E-state index contributed by atoms with van der Waals surface area (Å²) in [6.07, 6.45) is 3.63. The monoisotopic (exact) mass is 246 g/mol. The lowest BCUT2D eigenvalue weighted by Crippen LogP contribution is -1.85. The van der Waals surface area contributed by atoms with E-state index in [0.29, 0.717) is 10.7 Å². The van der Waals surface area contributed by atoms with Gasteiger partial charge in [0.05, 0.1) is 17.6 Å². The molecule has 1 aromatic carbocycles. The predicted octanol–water partition coefficient (Wildman–Crippen LogP) is 2.80. The SMILES string of the molecule is Cn1cc(-c2[nH]ncc2N)c2cc(Cl)ccc21. The van der Waals surface area contributed by atoms with Gasteiger partial charge in [0.15, 0.2) is 0 Å². The molecule has 0 spiro atoms. The van der Waals surface area contributed by atoms with Gasteiger partial charge in [-0.25, -0.2) is 0 Å². The number of H-pyrrole nitrogens is 1. The first-order chi connectivity index (χ1) is 8.16. The minimum Gasteiger partial charge on any atom is -0.396 e. The number of rotatable bonds is 1. The largest absolute Gasteiger partial charge is 0.396 e. The van der Waals surface area contributed by atoms with E-state index in [1.54, 1.807) is 6.20 Å². The van der Waals surface area contributed by atoms with Crippen molar-refractivity contribution in [3.63, 3.8) is 0 Å². The van der Waals surface area contributed by atoms with E-state index in [4.69, 9.17) is 17.3 Å². The number of nitrogens with zero attached hydrogens (tertiary/aromatic N) is 2. The standard InChI is InChI=1S/C12H11ClN4/c1-17-6-9(12-10(14)5-15-16-12)8-4-7(13)2-3-11(8)17/h2-6H,14H2,1H3,(H,15,16). The van der Waals surface area contributed by atoms with Crippen LogP contribution < -0.4 is 5.73 Å². The Bertz CT molecular complexity index is 696. The second-order valence-electron chi connectivity index (χ2n) is 4.02. The van der Waals surface area contributed by atoms with Crippen molar-refractivity contribution in [2.75, 3.05) is 5.73 Å². The number of aryl methyl sites for hydroxylation is 1. The molecule has 0 saturated carbocycles. The molecule has 0 aliphatic carbocycles. The maximum atomic E-state index is 6.03. The van der Waals surface area contributed by atoms with Gasteiger partial charge >= 0.3 is 0 Å². The van der Waals surface area contributed by atoms with Gasteiger partial charge in [-0.3, -0.25) is 5.10 Å². The smallest absolute Gasteiger partial charge is 0.0901 e. The minimum atomic E-state index is 0.637. The van der Waals surface area contributed by atoms with Gasteiger partial charge in [-0.05, 0) is 18.2 Å². The number of nitrogen functional groups attached to an aromatic ring is 1. The van der Waals surface area contributed by atoms with Gasteiger partial charge in [-0.2, -0.15) is 5.10 Å². The van der Waals surface area contributed by atoms with Crippen LogP contribution in [0.15, 0.2) is 30.6 Å². The van der Waals surface area contributed by atoms with E-state index in [2.05, 4.69) is 10.2 Å². The molecule has 0 radical (unpaired) electrons. The third-order valence-corrected chi connectivity index (χ3v) is 3.12. The van der Waals surface area contributed by atoms with Gasteiger partial charge in [-0.15, -0.1) is 0 Å². The summed E-state index contributed by atoms with van der Waals surface area (Å²) in [6.45, 7) is 0. The number of aromatic amines is 1. The van der Waals surface area contributed by atoms with Crippen LogP contribution in [0.3, 0.4) is 0 Å². The Morgan fingerprint density at radius 1 is 1.41 bits per heavy atom. The molecule has 0 unspecified atom stereocenters. The van der Waals surface area contributed by atoms with Crippen LogP contribution in [0.4, 0.5) is 5.69 Å². The fraction of sp³-hybridized carbons (Fsp3) is 0.0833. The Morgan fingerprint density at radius 2 is 2.24 bits per heavy atom. The van der Waals surface area contributed by atoms with Crippen LogP contribution in [0.2, 0.25) is 5.02 Å². The number of aromatic nitrogens is 3. The highest BCUT2D eigenvalue weighted by Gasteiger charge is 2.12. The van der Waals surface area contributed by atoms with Crippen molar-refractivity contribution in [3.8, 4) is 11.3 Å². The molecule has 3 aromatic rings. The first kappa shape index (κ1) is 10.2. The third kappa shape index (κ3) is 1.49. The van der Waals surface area contributed by atoms with E-state index in [1.165, 1.54) is 0 Å². The molecule has 0 bridgehead atoms. The average Bonchev–Trinajstić information content (AvgIpc) is 2.83. The number of halogens is 1. The van der Waals surface area contributed by atoms with Crippen molar-refractivity contribution >= 4 is 28.2 Å². The fourth-order valence-corrected chi connectivity index (χ4v) is 2.25. The first-order valence-electron chi connectivity index (χ1n) is 5.20. The number of hydrogen-bond acceptors (Lipinski definition) is 2. The molecular formula is C12H11ClN4. The summed E-state index contributed by atoms with van der Waals surface area (Å²) in [5.74, 6) is 0. The molecule has 0 fully saturated rings. The molecular weight excluding hydrogens is 236 g/mol. The zero-order valence-electron chi connectivity index (χ0n) is 9.24. The normalized spacial score (nSPS) is 11.2. The number of nitrogens with two attached hydrogens (primary N) is 1. The molecule has 86 valence electrons. The van der Waals surface area contributed by atoms with Crippen LogP contribution in [0.1, 0.15) is 0 Å². The van der Waals surface area contributed by atoms with Crippen LogP contribution in [0.5, 0.6) is 0 Å². The van der Waals surface area contributed by atoms with Crippen molar-refractivity contribution in [2.24, 2.45) is 7.05 Å². The summed E-state index contributed by atoms with van der Waals surface area (Å²) in [5, 5.41) is 8.64. The Labute approximate surface area is 103 Å². The molecule has 5 heteroatoms. The third-order valence-electron chi connectivity index (χ3n) is 2.89. The molecule has 17 heavy (non-hydrogen) atoms. The molecule has 3 N–H and O–H groups in total. The highest BCUT2D eigenvalue weighted by molar-refractivity contribution is 6.31. The first-order valence-corrected chi connectivity index (χ1v) is 5.58. The van der Waals surface area contributed by atoms with Crippen molar-refractivity contribution < 1.29 is 0 Å². The van der Waals surface area contributed by atoms with Gasteiger partial charge in [0.25, 0.3) is 0 Å². The van der Waals surface area contributed by atoms with Crippen molar-refractivity contribution in [1.82, 2.24) is 14.8 Å². The molecule has 0 atom stereocenters.